The van der Waals surface area contributed by atoms with E-state index in [4.69, 9.17) is 0 Å². The number of carbonyl (C=O) groups excluding carboxylic acids is 1. The van der Waals surface area contributed by atoms with Crippen molar-refractivity contribution in [2.45, 2.75) is 44.6 Å². The van der Waals surface area contributed by atoms with Gasteiger partial charge in [-0.25, -0.2) is 0 Å². The number of halogens is 1. The van der Waals surface area contributed by atoms with E-state index in [2.05, 4.69) is 20.6 Å². The molecule has 0 saturated carbocycles. The molecule has 2 aliphatic heterocycles. The molecule has 1 unspecified atom stereocenters. The number of hydrogen-bond acceptors (Lipinski definition) is 4. The molecule has 0 spiro atoms. The number of piperidine rings is 2. The fourth-order valence-corrected chi connectivity index (χ4v) is 3.50. The van der Waals surface area contributed by atoms with E-state index in [1.54, 1.807) is 0 Å². The first-order chi connectivity index (χ1) is 11.3. The fraction of sp³-hybridized carbons (Fsp3) is 0.765. The molecular formula is C17H30ClN5O. The number of amides is 1. The van der Waals surface area contributed by atoms with E-state index in [0.717, 1.165) is 39.0 Å². The van der Waals surface area contributed by atoms with Crippen LogP contribution in [0.15, 0.2) is 12.3 Å². The second-order valence-corrected chi connectivity index (χ2v) is 6.69. The van der Waals surface area contributed by atoms with Crippen molar-refractivity contribution in [3.05, 3.63) is 18.0 Å². The lowest BCUT2D eigenvalue weighted by Crippen LogP contribution is -2.33. The Balaban J connectivity index is 0.00000208. The molecule has 136 valence electrons. The lowest BCUT2D eigenvalue weighted by molar-refractivity contribution is 0.0944. The molecule has 6 nitrogen and oxygen atoms in total. The van der Waals surface area contributed by atoms with Crippen LogP contribution in [0.2, 0.25) is 0 Å². The number of nitrogens with one attached hydrogen (secondary N) is 2. The average molecular weight is 356 g/mol. The molecule has 3 rings (SSSR count). The van der Waals surface area contributed by atoms with Crippen LogP contribution in [0.4, 0.5) is 0 Å². The van der Waals surface area contributed by atoms with Crippen LogP contribution in [-0.2, 0) is 0 Å². The monoisotopic (exact) mass is 355 g/mol. The normalized spacial score (nSPS) is 21.9. The van der Waals surface area contributed by atoms with E-state index < -0.39 is 0 Å². The maximum Gasteiger partial charge on any atom is 0.271 e. The van der Waals surface area contributed by atoms with Crippen LogP contribution < -0.4 is 10.6 Å². The average Bonchev–Trinajstić information content (AvgIpc) is 3.10. The Hall–Kier alpha value is -1.11. The van der Waals surface area contributed by atoms with E-state index in [1.807, 2.05) is 16.9 Å². The van der Waals surface area contributed by atoms with Gasteiger partial charge < -0.3 is 15.5 Å². The van der Waals surface area contributed by atoms with Gasteiger partial charge in [0.05, 0.1) is 6.04 Å². The predicted octanol–water partition coefficient (Wildman–Crippen LogP) is 1.84. The SMILES string of the molecule is Cl.O=C(NCCCN1CCCCC1)c1ccn(C2CCCNC2)n1. The van der Waals surface area contributed by atoms with Crippen LogP contribution in [0.3, 0.4) is 0 Å². The van der Waals surface area contributed by atoms with E-state index in [0.29, 0.717) is 11.7 Å². The topological polar surface area (TPSA) is 62.2 Å². The first-order valence-electron chi connectivity index (χ1n) is 9.09. The van der Waals surface area contributed by atoms with Crippen LogP contribution >= 0.6 is 12.4 Å². The predicted molar refractivity (Wildman–Crippen MR) is 97.9 cm³/mol. The third-order valence-corrected chi connectivity index (χ3v) is 4.87. The molecule has 7 heteroatoms. The molecule has 0 aromatic carbocycles. The van der Waals surface area contributed by atoms with Gasteiger partial charge in [0.15, 0.2) is 0 Å². The quantitative estimate of drug-likeness (QED) is 0.764. The molecule has 2 fully saturated rings. The van der Waals surface area contributed by atoms with Crippen molar-refractivity contribution in [1.29, 1.82) is 0 Å². The van der Waals surface area contributed by atoms with Crippen molar-refractivity contribution < 1.29 is 4.79 Å². The van der Waals surface area contributed by atoms with Gasteiger partial charge in [-0.05, 0) is 64.3 Å². The number of rotatable bonds is 6. The molecule has 0 bridgehead atoms. The lowest BCUT2D eigenvalue weighted by Gasteiger charge is -2.26. The van der Waals surface area contributed by atoms with Crippen LogP contribution in [0.25, 0.3) is 0 Å². The summed E-state index contributed by atoms with van der Waals surface area (Å²) >= 11 is 0. The first kappa shape index (κ1) is 19.2. The zero-order valence-corrected chi connectivity index (χ0v) is 15.2. The molecule has 1 aromatic rings. The van der Waals surface area contributed by atoms with Crippen molar-refractivity contribution in [2.24, 2.45) is 0 Å². The maximum absolute atomic E-state index is 12.2. The number of aromatic nitrogens is 2. The summed E-state index contributed by atoms with van der Waals surface area (Å²) in [5, 5.41) is 10.8. The molecule has 1 aromatic heterocycles. The largest absolute Gasteiger partial charge is 0.351 e. The van der Waals surface area contributed by atoms with Gasteiger partial charge in [0.1, 0.15) is 5.69 Å². The van der Waals surface area contributed by atoms with Gasteiger partial charge >= 0.3 is 0 Å². The van der Waals surface area contributed by atoms with E-state index >= 15 is 0 Å². The van der Waals surface area contributed by atoms with Gasteiger partial charge in [0.25, 0.3) is 5.91 Å². The lowest BCUT2D eigenvalue weighted by atomic mass is 10.1. The third-order valence-electron chi connectivity index (χ3n) is 4.87. The fourth-order valence-electron chi connectivity index (χ4n) is 3.50. The van der Waals surface area contributed by atoms with Crippen LogP contribution in [-0.4, -0.2) is 59.9 Å². The Morgan fingerprint density at radius 3 is 2.88 bits per heavy atom. The number of carbonyl (C=O) groups is 1. The Kier molecular flexibility index (Phi) is 8.02. The minimum Gasteiger partial charge on any atom is -0.351 e. The van der Waals surface area contributed by atoms with Crippen molar-refractivity contribution in [3.63, 3.8) is 0 Å². The highest BCUT2D eigenvalue weighted by Crippen LogP contribution is 2.15. The second kappa shape index (κ2) is 10.0. The summed E-state index contributed by atoms with van der Waals surface area (Å²) in [5.41, 5.74) is 0.536. The standard InChI is InChI=1S/C17H29N5O.ClH/c23-17(19-9-5-12-21-10-2-1-3-11-21)16-7-13-22(20-16)15-6-4-8-18-14-15;/h7,13,15,18H,1-6,8-12,14H2,(H,19,23);1H. The second-order valence-electron chi connectivity index (χ2n) is 6.69. The number of nitrogens with zero attached hydrogens (tertiary/aromatic N) is 3. The van der Waals surface area contributed by atoms with E-state index in [9.17, 15) is 4.79 Å². The molecule has 2 saturated heterocycles. The van der Waals surface area contributed by atoms with Crippen LogP contribution in [0.5, 0.6) is 0 Å². The highest BCUT2D eigenvalue weighted by molar-refractivity contribution is 5.92. The Bertz CT molecular complexity index is 495. The summed E-state index contributed by atoms with van der Waals surface area (Å²) in [5.74, 6) is -0.0498. The van der Waals surface area contributed by atoms with Gasteiger partial charge in [0, 0.05) is 19.3 Å². The smallest absolute Gasteiger partial charge is 0.271 e. The Morgan fingerprint density at radius 1 is 1.29 bits per heavy atom. The molecule has 24 heavy (non-hydrogen) atoms. The minimum atomic E-state index is -0.0498. The maximum atomic E-state index is 12.2. The third kappa shape index (κ3) is 5.46. The van der Waals surface area contributed by atoms with Crippen LogP contribution in [0, 0.1) is 0 Å². The molecule has 1 amide bonds. The van der Waals surface area contributed by atoms with Crippen molar-refractivity contribution in [3.8, 4) is 0 Å². The molecule has 2 N–H and O–H groups in total. The highest BCUT2D eigenvalue weighted by Gasteiger charge is 2.17. The van der Waals surface area contributed by atoms with Crippen molar-refractivity contribution in [2.75, 3.05) is 39.3 Å². The first-order valence-corrected chi connectivity index (χ1v) is 9.09. The van der Waals surface area contributed by atoms with E-state index in [1.165, 1.54) is 38.8 Å². The van der Waals surface area contributed by atoms with Gasteiger partial charge in [-0.15, -0.1) is 12.4 Å². The summed E-state index contributed by atoms with van der Waals surface area (Å²) in [7, 11) is 0. The molecule has 1 atom stereocenters. The van der Waals surface area contributed by atoms with Gasteiger partial charge in [-0.2, -0.15) is 5.10 Å². The summed E-state index contributed by atoms with van der Waals surface area (Å²) in [6.45, 7) is 6.28. The highest BCUT2D eigenvalue weighted by atomic mass is 35.5. The summed E-state index contributed by atoms with van der Waals surface area (Å²) < 4.78 is 1.94. The van der Waals surface area contributed by atoms with Gasteiger partial charge in [0.2, 0.25) is 0 Å². The summed E-state index contributed by atoms with van der Waals surface area (Å²) in [6.07, 6.45) is 9.25. The summed E-state index contributed by atoms with van der Waals surface area (Å²) in [4.78, 5) is 14.7. The van der Waals surface area contributed by atoms with Gasteiger partial charge in [-0.3, -0.25) is 9.48 Å². The molecule has 2 aliphatic rings. The van der Waals surface area contributed by atoms with E-state index in [-0.39, 0.29) is 18.3 Å². The molecule has 0 radical (unpaired) electrons. The zero-order chi connectivity index (χ0) is 15.9. The number of hydrogen-bond donors (Lipinski definition) is 2. The minimum absolute atomic E-state index is 0. The number of likely N-dealkylation sites (tertiary alicyclic amines) is 1. The molecular weight excluding hydrogens is 326 g/mol. The summed E-state index contributed by atoms with van der Waals surface area (Å²) in [6, 6.07) is 2.21. The van der Waals surface area contributed by atoms with Crippen molar-refractivity contribution in [1.82, 2.24) is 25.3 Å². The van der Waals surface area contributed by atoms with Gasteiger partial charge in [-0.1, -0.05) is 6.42 Å². The van der Waals surface area contributed by atoms with Crippen LogP contribution in [0.1, 0.15) is 55.1 Å². The van der Waals surface area contributed by atoms with Crippen molar-refractivity contribution >= 4 is 18.3 Å². The molecule has 3 heterocycles. The molecule has 0 aliphatic carbocycles. The Labute approximate surface area is 150 Å². The Morgan fingerprint density at radius 2 is 2.12 bits per heavy atom. The zero-order valence-electron chi connectivity index (χ0n) is 14.4.